The summed E-state index contributed by atoms with van der Waals surface area (Å²) in [6, 6.07) is 12.0. The number of amides is 1. The summed E-state index contributed by atoms with van der Waals surface area (Å²) >= 11 is 0. The molecule has 0 unspecified atom stereocenters. The Bertz CT molecular complexity index is 737. The monoisotopic (exact) mass is 345 g/mol. The highest BCUT2D eigenvalue weighted by molar-refractivity contribution is 5.85. The van der Waals surface area contributed by atoms with E-state index in [9.17, 15) is 13.6 Å². The molecule has 0 heterocycles. The van der Waals surface area contributed by atoms with Crippen LogP contribution < -0.4 is 4.74 Å². The predicted octanol–water partition coefficient (Wildman–Crippen LogP) is 4.31. The molecular weight excluding hydrogens is 324 g/mol. The lowest BCUT2D eigenvalue weighted by Gasteiger charge is -2.32. The molecule has 0 saturated heterocycles. The molecule has 1 amide bonds. The zero-order chi connectivity index (χ0) is 18.0. The van der Waals surface area contributed by atoms with Crippen molar-refractivity contribution in [1.82, 2.24) is 4.90 Å². The summed E-state index contributed by atoms with van der Waals surface area (Å²) in [5.41, 5.74) is -0.209. The molecule has 0 aliphatic heterocycles. The Labute approximate surface area is 146 Å². The van der Waals surface area contributed by atoms with Crippen LogP contribution in [0.1, 0.15) is 32.3 Å². The molecular formula is C20H21F2NO2. The van der Waals surface area contributed by atoms with Crippen LogP contribution in [0.5, 0.6) is 5.75 Å². The number of rotatable bonds is 6. The zero-order valence-electron chi connectivity index (χ0n) is 14.3. The quantitative estimate of drug-likeness (QED) is 0.781. The van der Waals surface area contributed by atoms with Gasteiger partial charge in [-0.3, -0.25) is 4.79 Å². The molecule has 0 spiro atoms. The molecule has 1 aliphatic carbocycles. The van der Waals surface area contributed by atoms with Crippen molar-refractivity contribution in [1.29, 1.82) is 0 Å². The molecule has 1 aliphatic rings. The molecule has 0 radical (unpaired) electrons. The fourth-order valence-corrected chi connectivity index (χ4v) is 2.73. The first-order chi connectivity index (χ1) is 11.8. The Hall–Kier alpha value is -2.43. The summed E-state index contributed by atoms with van der Waals surface area (Å²) in [6.45, 7) is 3.83. The van der Waals surface area contributed by atoms with E-state index in [1.807, 2.05) is 0 Å². The van der Waals surface area contributed by atoms with Crippen LogP contribution in [-0.4, -0.2) is 22.4 Å². The summed E-state index contributed by atoms with van der Waals surface area (Å²) in [6.07, 6.45) is 1.92. The molecule has 2 aromatic carbocycles. The van der Waals surface area contributed by atoms with Gasteiger partial charge in [0, 0.05) is 12.6 Å². The number of hydrogen-bond donors (Lipinski definition) is 0. The molecule has 3 rings (SSSR count). The first-order valence-corrected chi connectivity index (χ1v) is 8.35. The second-order valence-corrected chi connectivity index (χ2v) is 6.86. The van der Waals surface area contributed by atoms with Gasteiger partial charge in [-0.05, 0) is 68.7 Å². The average Bonchev–Trinajstić information content (AvgIpc) is 3.40. The zero-order valence-corrected chi connectivity index (χ0v) is 14.3. The summed E-state index contributed by atoms with van der Waals surface area (Å²) in [7, 11) is 0. The van der Waals surface area contributed by atoms with Crippen LogP contribution in [0.15, 0.2) is 48.5 Å². The third-order valence-corrected chi connectivity index (χ3v) is 4.22. The number of benzene rings is 2. The number of carbonyl (C=O) groups is 1. The molecule has 1 fully saturated rings. The van der Waals surface area contributed by atoms with Crippen LogP contribution in [0.25, 0.3) is 0 Å². The van der Waals surface area contributed by atoms with E-state index in [0.29, 0.717) is 12.3 Å². The molecule has 0 N–H and O–H groups in total. The van der Waals surface area contributed by atoms with Gasteiger partial charge in [0.05, 0.1) is 0 Å². The molecule has 2 aromatic rings. The molecule has 0 aromatic heterocycles. The molecule has 0 bridgehead atoms. The number of hydrogen-bond acceptors (Lipinski definition) is 2. The lowest BCUT2D eigenvalue weighted by molar-refractivity contribution is -0.146. The van der Waals surface area contributed by atoms with Crippen LogP contribution in [0, 0.1) is 11.6 Å². The number of carbonyl (C=O) groups excluding carboxylic acids is 1. The maximum atomic E-state index is 13.1. The van der Waals surface area contributed by atoms with E-state index in [2.05, 4.69) is 0 Å². The molecule has 0 atom stereocenters. The first kappa shape index (κ1) is 17.4. The second kappa shape index (κ2) is 6.82. The molecule has 3 nitrogen and oxygen atoms in total. The SMILES string of the molecule is CC(C)(Oc1ccc(F)cc1)C(=O)N(Cc1ccc(F)cc1)C1CC1. The Morgan fingerprint density at radius 1 is 1.04 bits per heavy atom. The summed E-state index contributed by atoms with van der Waals surface area (Å²) < 4.78 is 31.9. The topological polar surface area (TPSA) is 29.5 Å². The first-order valence-electron chi connectivity index (χ1n) is 8.35. The number of halogens is 2. The maximum Gasteiger partial charge on any atom is 0.266 e. The van der Waals surface area contributed by atoms with E-state index < -0.39 is 5.60 Å². The van der Waals surface area contributed by atoms with Crippen LogP contribution >= 0.6 is 0 Å². The van der Waals surface area contributed by atoms with Crippen molar-refractivity contribution < 1.29 is 18.3 Å². The van der Waals surface area contributed by atoms with Crippen molar-refractivity contribution >= 4 is 5.91 Å². The summed E-state index contributed by atoms with van der Waals surface area (Å²) in [5, 5.41) is 0. The van der Waals surface area contributed by atoms with Crippen molar-refractivity contribution in [2.24, 2.45) is 0 Å². The van der Waals surface area contributed by atoms with E-state index in [1.54, 1.807) is 30.9 Å². The molecule has 132 valence electrons. The van der Waals surface area contributed by atoms with Gasteiger partial charge in [0.15, 0.2) is 5.60 Å². The fraction of sp³-hybridized carbons (Fsp3) is 0.350. The molecule has 5 heteroatoms. The van der Waals surface area contributed by atoms with Crippen LogP contribution in [0.3, 0.4) is 0 Å². The third kappa shape index (κ3) is 4.35. The minimum Gasteiger partial charge on any atom is -0.478 e. The van der Waals surface area contributed by atoms with E-state index in [-0.39, 0.29) is 23.6 Å². The van der Waals surface area contributed by atoms with Crippen LogP contribution in [0.2, 0.25) is 0 Å². The van der Waals surface area contributed by atoms with Crippen molar-refractivity contribution in [2.75, 3.05) is 0 Å². The average molecular weight is 345 g/mol. The van der Waals surface area contributed by atoms with Crippen LogP contribution in [-0.2, 0) is 11.3 Å². The van der Waals surface area contributed by atoms with Gasteiger partial charge in [0.2, 0.25) is 0 Å². The predicted molar refractivity (Wildman–Crippen MR) is 91.1 cm³/mol. The van der Waals surface area contributed by atoms with Crippen molar-refractivity contribution in [3.63, 3.8) is 0 Å². The van der Waals surface area contributed by atoms with Gasteiger partial charge in [-0.15, -0.1) is 0 Å². The Balaban J connectivity index is 1.74. The van der Waals surface area contributed by atoms with Gasteiger partial charge < -0.3 is 9.64 Å². The van der Waals surface area contributed by atoms with E-state index in [0.717, 1.165) is 18.4 Å². The number of ether oxygens (including phenoxy) is 1. The highest BCUT2D eigenvalue weighted by Crippen LogP contribution is 2.32. The smallest absolute Gasteiger partial charge is 0.266 e. The van der Waals surface area contributed by atoms with Gasteiger partial charge in [0.1, 0.15) is 17.4 Å². The highest BCUT2D eigenvalue weighted by atomic mass is 19.1. The van der Waals surface area contributed by atoms with Gasteiger partial charge >= 0.3 is 0 Å². The largest absolute Gasteiger partial charge is 0.478 e. The van der Waals surface area contributed by atoms with Crippen molar-refractivity contribution in [2.45, 2.75) is 44.9 Å². The van der Waals surface area contributed by atoms with Crippen molar-refractivity contribution in [3.8, 4) is 5.75 Å². The standard InChI is InChI=1S/C20H21F2NO2/c1-20(2,25-18-11-7-16(22)8-12-18)19(24)23(17-9-10-17)13-14-3-5-15(21)6-4-14/h3-8,11-12,17H,9-10,13H2,1-2H3. The minimum atomic E-state index is -1.08. The maximum absolute atomic E-state index is 13.1. The second-order valence-electron chi connectivity index (χ2n) is 6.86. The fourth-order valence-electron chi connectivity index (χ4n) is 2.73. The Morgan fingerprint density at radius 3 is 2.08 bits per heavy atom. The lowest BCUT2D eigenvalue weighted by atomic mass is 10.1. The Kier molecular flexibility index (Phi) is 4.75. The summed E-state index contributed by atoms with van der Waals surface area (Å²) in [5.74, 6) is -0.346. The lowest BCUT2D eigenvalue weighted by Crippen LogP contribution is -2.49. The molecule has 25 heavy (non-hydrogen) atoms. The van der Waals surface area contributed by atoms with E-state index in [1.165, 1.54) is 36.4 Å². The van der Waals surface area contributed by atoms with Crippen molar-refractivity contribution in [3.05, 3.63) is 65.7 Å². The van der Waals surface area contributed by atoms with Gasteiger partial charge in [-0.1, -0.05) is 12.1 Å². The minimum absolute atomic E-state index is 0.136. The number of nitrogens with zero attached hydrogens (tertiary/aromatic N) is 1. The van der Waals surface area contributed by atoms with Gasteiger partial charge in [0.25, 0.3) is 5.91 Å². The summed E-state index contributed by atoms with van der Waals surface area (Å²) in [4.78, 5) is 14.8. The highest BCUT2D eigenvalue weighted by Gasteiger charge is 2.41. The van der Waals surface area contributed by atoms with E-state index in [4.69, 9.17) is 4.74 Å². The normalized spacial score (nSPS) is 14.2. The van der Waals surface area contributed by atoms with Gasteiger partial charge in [-0.25, -0.2) is 8.78 Å². The third-order valence-electron chi connectivity index (χ3n) is 4.22. The van der Waals surface area contributed by atoms with E-state index >= 15 is 0 Å². The van der Waals surface area contributed by atoms with Crippen LogP contribution in [0.4, 0.5) is 8.78 Å². The van der Waals surface area contributed by atoms with Gasteiger partial charge in [-0.2, -0.15) is 0 Å². The Morgan fingerprint density at radius 2 is 1.56 bits per heavy atom. The molecule has 1 saturated carbocycles.